The quantitative estimate of drug-likeness (QED) is 0.797. The summed E-state index contributed by atoms with van der Waals surface area (Å²) in [7, 11) is 0. The highest BCUT2D eigenvalue weighted by molar-refractivity contribution is 5.78. The molecule has 2 aliphatic rings. The van der Waals surface area contributed by atoms with Crippen molar-refractivity contribution in [2.45, 2.75) is 51.7 Å². The monoisotopic (exact) mass is 297 g/mol. The third-order valence-corrected chi connectivity index (χ3v) is 4.38. The molecule has 0 spiro atoms. The number of morpholine rings is 1. The van der Waals surface area contributed by atoms with E-state index in [1.807, 2.05) is 11.8 Å². The fourth-order valence-corrected chi connectivity index (χ4v) is 3.28. The van der Waals surface area contributed by atoms with Crippen LogP contribution in [0.1, 0.15) is 39.5 Å². The lowest BCUT2D eigenvalue weighted by molar-refractivity contribution is -0.139. The van der Waals surface area contributed by atoms with Gasteiger partial charge in [-0.3, -0.25) is 9.69 Å². The number of amides is 1. The number of carbonyl (C=O) groups excluding carboxylic acids is 1. The summed E-state index contributed by atoms with van der Waals surface area (Å²) in [6.45, 7) is 10.1. The molecule has 5 heteroatoms. The predicted octanol–water partition coefficient (Wildman–Crippen LogP) is 1.09. The van der Waals surface area contributed by atoms with E-state index in [2.05, 4.69) is 17.1 Å². The van der Waals surface area contributed by atoms with Crippen LogP contribution >= 0.6 is 0 Å². The summed E-state index contributed by atoms with van der Waals surface area (Å²) in [6.07, 6.45) is 5.10. The first kappa shape index (κ1) is 16.7. The van der Waals surface area contributed by atoms with Crippen molar-refractivity contribution in [2.75, 3.05) is 45.9 Å². The molecule has 1 amide bonds. The molecule has 5 nitrogen and oxygen atoms in total. The standard InChI is InChI=1S/C16H31N3O2/c1-3-8-18(12-15-6-4-5-7-17-15)13-16(20)19-9-10-21-14(2)11-19/h14-15,17H,3-13H2,1-2H3. The molecular weight excluding hydrogens is 266 g/mol. The Morgan fingerprint density at radius 3 is 2.95 bits per heavy atom. The van der Waals surface area contributed by atoms with E-state index < -0.39 is 0 Å². The van der Waals surface area contributed by atoms with E-state index in [0.717, 1.165) is 39.1 Å². The fraction of sp³-hybridized carbons (Fsp3) is 0.938. The third kappa shape index (κ3) is 5.57. The molecule has 0 saturated carbocycles. The van der Waals surface area contributed by atoms with Gasteiger partial charge in [-0.1, -0.05) is 13.3 Å². The fourth-order valence-electron chi connectivity index (χ4n) is 3.28. The first-order valence-corrected chi connectivity index (χ1v) is 8.54. The molecule has 0 aliphatic carbocycles. The van der Waals surface area contributed by atoms with Crippen LogP contribution in [0.25, 0.3) is 0 Å². The van der Waals surface area contributed by atoms with Crippen LogP contribution in [0.5, 0.6) is 0 Å². The minimum absolute atomic E-state index is 0.169. The summed E-state index contributed by atoms with van der Waals surface area (Å²) >= 11 is 0. The van der Waals surface area contributed by atoms with Gasteiger partial charge in [0.25, 0.3) is 0 Å². The Hall–Kier alpha value is -0.650. The van der Waals surface area contributed by atoms with E-state index in [9.17, 15) is 4.79 Å². The maximum Gasteiger partial charge on any atom is 0.236 e. The predicted molar refractivity (Wildman–Crippen MR) is 84.4 cm³/mol. The molecule has 0 radical (unpaired) electrons. The number of piperidine rings is 1. The van der Waals surface area contributed by atoms with Crippen LogP contribution in [-0.2, 0) is 9.53 Å². The van der Waals surface area contributed by atoms with Crippen LogP contribution in [0.3, 0.4) is 0 Å². The first-order chi connectivity index (χ1) is 10.2. The molecule has 0 aromatic heterocycles. The number of rotatable bonds is 6. The second-order valence-electron chi connectivity index (χ2n) is 6.40. The van der Waals surface area contributed by atoms with E-state index in [-0.39, 0.29) is 12.0 Å². The van der Waals surface area contributed by atoms with Crippen molar-refractivity contribution in [1.29, 1.82) is 0 Å². The van der Waals surface area contributed by atoms with E-state index in [1.54, 1.807) is 0 Å². The Labute approximate surface area is 129 Å². The van der Waals surface area contributed by atoms with Crippen LogP contribution in [0.2, 0.25) is 0 Å². The van der Waals surface area contributed by atoms with Crippen LogP contribution in [0, 0.1) is 0 Å². The summed E-state index contributed by atoms with van der Waals surface area (Å²) < 4.78 is 5.51. The number of hydrogen-bond donors (Lipinski definition) is 1. The molecule has 2 heterocycles. The maximum absolute atomic E-state index is 12.5. The number of nitrogens with zero attached hydrogens (tertiary/aromatic N) is 2. The molecule has 21 heavy (non-hydrogen) atoms. The molecular formula is C16H31N3O2. The third-order valence-electron chi connectivity index (χ3n) is 4.38. The smallest absolute Gasteiger partial charge is 0.236 e. The Bertz CT molecular complexity index is 319. The van der Waals surface area contributed by atoms with Crippen LogP contribution in [0.4, 0.5) is 0 Å². The van der Waals surface area contributed by atoms with Crippen molar-refractivity contribution < 1.29 is 9.53 Å². The van der Waals surface area contributed by atoms with Gasteiger partial charge in [-0.05, 0) is 39.3 Å². The Kier molecular flexibility index (Phi) is 6.93. The Morgan fingerprint density at radius 1 is 1.43 bits per heavy atom. The molecule has 0 aromatic carbocycles. The molecule has 2 saturated heterocycles. The van der Waals surface area contributed by atoms with Crippen LogP contribution in [-0.4, -0.2) is 73.7 Å². The highest BCUT2D eigenvalue weighted by atomic mass is 16.5. The number of nitrogens with one attached hydrogen (secondary N) is 1. The molecule has 0 bridgehead atoms. The average molecular weight is 297 g/mol. The van der Waals surface area contributed by atoms with E-state index >= 15 is 0 Å². The topological polar surface area (TPSA) is 44.8 Å². The van der Waals surface area contributed by atoms with Crippen molar-refractivity contribution in [2.24, 2.45) is 0 Å². The zero-order valence-electron chi connectivity index (χ0n) is 13.6. The highest BCUT2D eigenvalue weighted by Crippen LogP contribution is 2.10. The lowest BCUT2D eigenvalue weighted by atomic mass is 10.0. The Balaban J connectivity index is 1.81. The Morgan fingerprint density at radius 2 is 2.29 bits per heavy atom. The number of carbonyl (C=O) groups is 1. The van der Waals surface area contributed by atoms with E-state index in [1.165, 1.54) is 19.3 Å². The van der Waals surface area contributed by atoms with Gasteiger partial charge in [-0.25, -0.2) is 0 Å². The maximum atomic E-state index is 12.5. The zero-order chi connectivity index (χ0) is 15.1. The summed E-state index contributed by atoms with van der Waals surface area (Å²) in [5.74, 6) is 0.259. The van der Waals surface area contributed by atoms with Crippen LogP contribution in [0.15, 0.2) is 0 Å². The van der Waals surface area contributed by atoms with Gasteiger partial charge in [0.1, 0.15) is 0 Å². The normalized spacial score (nSPS) is 27.1. The minimum Gasteiger partial charge on any atom is -0.375 e. The summed E-state index contributed by atoms with van der Waals surface area (Å²) in [6, 6.07) is 0.557. The second kappa shape index (κ2) is 8.71. The number of hydrogen-bond acceptors (Lipinski definition) is 4. The van der Waals surface area contributed by atoms with Crippen molar-refractivity contribution in [3.63, 3.8) is 0 Å². The van der Waals surface area contributed by atoms with Crippen molar-refractivity contribution in [3.8, 4) is 0 Å². The van der Waals surface area contributed by atoms with Crippen LogP contribution < -0.4 is 5.32 Å². The lowest BCUT2D eigenvalue weighted by Gasteiger charge is -2.34. The molecule has 0 aromatic rings. The van der Waals surface area contributed by atoms with Gasteiger partial charge in [0.05, 0.1) is 19.3 Å². The van der Waals surface area contributed by atoms with Gasteiger partial charge in [-0.15, -0.1) is 0 Å². The molecule has 2 atom stereocenters. The van der Waals surface area contributed by atoms with Crippen molar-refractivity contribution in [1.82, 2.24) is 15.1 Å². The summed E-state index contributed by atoms with van der Waals surface area (Å²) in [5, 5.41) is 3.58. The molecule has 2 rings (SSSR count). The first-order valence-electron chi connectivity index (χ1n) is 8.54. The molecule has 2 unspecified atom stereocenters. The van der Waals surface area contributed by atoms with Gasteiger partial charge < -0.3 is 15.0 Å². The summed E-state index contributed by atoms with van der Waals surface area (Å²) in [5.41, 5.74) is 0. The van der Waals surface area contributed by atoms with Gasteiger partial charge >= 0.3 is 0 Å². The largest absolute Gasteiger partial charge is 0.375 e. The lowest BCUT2D eigenvalue weighted by Crippen LogP contribution is -2.50. The minimum atomic E-state index is 0.169. The zero-order valence-corrected chi connectivity index (χ0v) is 13.6. The van der Waals surface area contributed by atoms with E-state index in [0.29, 0.717) is 19.2 Å². The van der Waals surface area contributed by atoms with Gasteiger partial charge in [0.2, 0.25) is 5.91 Å². The molecule has 2 aliphatic heterocycles. The number of ether oxygens (including phenoxy) is 1. The molecule has 2 fully saturated rings. The van der Waals surface area contributed by atoms with E-state index in [4.69, 9.17) is 4.74 Å². The van der Waals surface area contributed by atoms with Gasteiger partial charge in [0.15, 0.2) is 0 Å². The average Bonchev–Trinajstić information content (AvgIpc) is 2.48. The summed E-state index contributed by atoms with van der Waals surface area (Å²) in [4.78, 5) is 16.8. The molecule has 122 valence electrons. The van der Waals surface area contributed by atoms with Gasteiger partial charge in [-0.2, -0.15) is 0 Å². The SMILES string of the molecule is CCCN(CC(=O)N1CCOC(C)C1)CC1CCCCN1. The molecule has 1 N–H and O–H groups in total. The second-order valence-corrected chi connectivity index (χ2v) is 6.40. The van der Waals surface area contributed by atoms with Gasteiger partial charge in [0, 0.05) is 25.7 Å². The van der Waals surface area contributed by atoms with Crippen molar-refractivity contribution in [3.05, 3.63) is 0 Å². The highest BCUT2D eigenvalue weighted by Gasteiger charge is 2.24. The van der Waals surface area contributed by atoms with Crippen molar-refractivity contribution >= 4 is 5.91 Å².